The number of nitrogens with one attached hydrogen (secondary N) is 2. The van der Waals surface area contributed by atoms with Gasteiger partial charge < -0.3 is 15.4 Å². The lowest BCUT2D eigenvalue weighted by atomic mass is 10.1. The molecule has 0 fully saturated rings. The van der Waals surface area contributed by atoms with E-state index in [0.717, 1.165) is 11.1 Å². The maximum atomic E-state index is 12.4. The van der Waals surface area contributed by atoms with Crippen molar-refractivity contribution in [3.8, 4) is 5.75 Å². The first-order valence-corrected chi connectivity index (χ1v) is 10.4. The van der Waals surface area contributed by atoms with E-state index < -0.39 is 0 Å². The van der Waals surface area contributed by atoms with Crippen LogP contribution in [0.15, 0.2) is 72.8 Å². The normalized spacial score (nSPS) is 10.3. The van der Waals surface area contributed by atoms with Gasteiger partial charge in [0.05, 0.1) is 0 Å². The van der Waals surface area contributed by atoms with Crippen LogP contribution in [0.4, 0.5) is 5.69 Å². The van der Waals surface area contributed by atoms with Gasteiger partial charge in [-0.25, -0.2) is 0 Å². The second-order valence-corrected chi connectivity index (χ2v) is 7.39. The van der Waals surface area contributed by atoms with Crippen LogP contribution in [0, 0.1) is 6.92 Å². The van der Waals surface area contributed by atoms with Crippen LogP contribution in [0.3, 0.4) is 0 Å². The van der Waals surface area contributed by atoms with Crippen LogP contribution in [-0.2, 0) is 11.3 Å². The SMILES string of the molecule is CCC(=O)c1ccc(OCC(=O)NCc2cccc(NC(=O)c3ccc(C)cc3)c2)cc1. The Morgan fingerprint density at radius 2 is 1.56 bits per heavy atom. The highest BCUT2D eigenvalue weighted by molar-refractivity contribution is 6.04. The van der Waals surface area contributed by atoms with E-state index in [4.69, 9.17) is 4.74 Å². The van der Waals surface area contributed by atoms with E-state index in [-0.39, 0.29) is 24.2 Å². The molecule has 0 heterocycles. The Labute approximate surface area is 187 Å². The summed E-state index contributed by atoms with van der Waals surface area (Å²) in [5, 5.41) is 5.66. The third kappa shape index (κ3) is 6.54. The quantitative estimate of drug-likeness (QED) is 0.488. The van der Waals surface area contributed by atoms with Crippen molar-refractivity contribution < 1.29 is 19.1 Å². The second kappa shape index (κ2) is 10.9. The number of ketones is 1. The first-order chi connectivity index (χ1) is 15.4. The minimum atomic E-state index is -0.271. The van der Waals surface area contributed by atoms with E-state index in [2.05, 4.69) is 10.6 Å². The van der Waals surface area contributed by atoms with Crippen molar-refractivity contribution >= 4 is 23.3 Å². The number of hydrogen-bond acceptors (Lipinski definition) is 4. The predicted octanol–water partition coefficient (Wildman–Crippen LogP) is 4.54. The number of carbonyl (C=O) groups excluding carboxylic acids is 3. The van der Waals surface area contributed by atoms with Crippen molar-refractivity contribution in [3.05, 3.63) is 95.1 Å². The molecule has 0 spiro atoms. The molecule has 0 aliphatic rings. The number of ether oxygens (including phenoxy) is 1. The van der Waals surface area contributed by atoms with Gasteiger partial charge in [-0.2, -0.15) is 0 Å². The first-order valence-electron chi connectivity index (χ1n) is 10.4. The number of carbonyl (C=O) groups is 3. The van der Waals surface area contributed by atoms with Crippen molar-refractivity contribution in [2.45, 2.75) is 26.8 Å². The molecule has 0 aliphatic heterocycles. The number of rotatable bonds is 9. The summed E-state index contributed by atoms with van der Waals surface area (Å²) in [4.78, 5) is 36.2. The average molecular weight is 431 g/mol. The largest absolute Gasteiger partial charge is 0.484 e. The fraction of sp³-hybridized carbons (Fsp3) is 0.192. The predicted molar refractivity (Wildman–Crippen MR) is 124 cm³/mol. The van der Waals surface area contributed by atoms with Crippen LogP contribution >= 0.6 is 0 Å². The van der Waals surface area contributed by atoms with E-state index in [1.807, 2.05) is 44.2 Å². The average Bonchev–Trinajstić information content (AvgIpc) is 2.82. The van der Waals surface area contributed by atoms with Crippen molar-refractivity contribution in [1.82, 2.24) is 5.32 Å². The molecule has 0 unspecified atom stereocenters. The fourth-order valence-corrected chi connectivity index (χ4v) is 3.01. The van der Waals surface area contributed by atoms with Gasteiger partial charge in [-0.15, -0.1) is 0 Å². The first kappa shape index (κ1) is 22.7. The lowest BCUT2D eigenvalue weighted by molar-refractivity contribution is -0.123. The standard InChI is InChI=1S/C26H26N2O4/c1-3-24(29)20-11-13-23(14-12-20)32-17-25(30)27-16-19-5-4-6-22(15-19)28-26(31)21-9-7-18(2)8-10-21/h4-15H,3,16-17H2,1-2H3,(H,27,30)(H,28,31). The Balaban J connectivity index is 1.48. The molecule has 6 nitrogen and oxygen atoms in total. The summed E-state index contributed by atoms with van der Waals surface area (Å²) in [6.45, 7) is 3.95. The molecule has 0 aliphatic carbocycles. The number of anilines is 1. The Morgan fingerprint density at radius 3 is 2.25 bits per heavy atom. The molecule has 3 rings (SSSR count). The third-order valence-electron chi connectivity index (χ3n) is 4.86. The smallest absolute Gasteiger partial charge is 0.258 e. The molecule has 3 aromatic rings. The van der Waals surface area contributed by atoms with Crippen LogP contribution in [-0.4, -0.2) is 24.2 Å². The lowest BCUT2D eigenvalue weighted by Crippen LogP contribution is -2.28. The van der Waals surface area contributed by atoms with Crippen molar-refractivity contribution in [2.24, 2.45) is 0 Å². The fourth-order valence-electron chi connectivity index (χ4n) is 3.01. The van der Waals surface area contributed by atoms with Gasteiger partial charge in [0.1, 0.15) is 5.75 Å². The molecule has 0 aromatic heterocycles. The topological polar surface area (TPSA) is 84.5 Å². The van der Waals surface area contributed by atoms with Gasteiger partial charge in [0.25, 0.3) is 11.8 Å². The Bertz CT molecular complexity index is 1090. The Kier molecular flexibility index (Phi) is 7.75. The van der Waals surface area contributed by atoms with Crippen molar-refractivity contribution in [1.29, 1.82) is 0 Å². The molecule has 3 aromatic carbocycles. The monoisotopic (exact) mass is 430 g/mol. The zero-order valence-electron chi connectivity index (χ0n) is 18.2. The summed E-state index contributed by atoms with van der Waals surface area (Å²) in [6.07, 6.45) is 0.444. The minimum absolute atomic E-state index is 0.0616. The van der Waals surface area contributed by atoms with Gasteiger partial charge in [-0.05, 0) is 61.0 Å². The third-order valence-corrected chi connectivity index (χ3v) is 4.86. The minimum Gasteiger partial charge on any atom is -0.484 e. The summed E-state index contributed by atoms with van der Waals surface area (Å²) in [7, 11) is 0. The zero-order valence-corrected chi connectivity index (χ0v) is 18.2. The van der Waals surface area contributed by atoms with Crippen molar-refractivity contribution in [2.75, 3.05) is 11.9 Å². The molecule has 0 atom stereocenters. The maximum Gasteiger partial charge on any atom is 0.258 e. The highest BCUT2D eigenvalue weighted by Crippen LogP contribution is 2.14. The van der Waals surface area contributed by atoms with Crippen LogP contribution in [0.2, 0.25) is 0 Å². The highest BCUT2D eigenvalue weighted by atomic mass is 16.5. The van der Waals surface area contributed by atoms with E-state index >= 15 is 0 Å². The van der Waals surface area contributed by atoms with Crippen LogP contribution < -0.4 is 15.4 Å². The number of hydrogen-bond donors (Lipinski definition) is 2. The van der Waals surface area contributed by atoms with Crippen LogP contribution in [0.1, 0.15) is 45.2 Å². The van der Waals surface area contributed by atoms with Gasteiger partial charge >= 0.3 is 0 Å². The van der Waals surface area contributed by atoms with Crippen molar-refractivity contribution in [3.63, 3.8) is 0 Å². The lowest BCUT2D eigenvalue weighted by Gasteiger charge is -2.10. The number of Topliss-reactive ketones (excluding diaryl/α,β-unsaturated/α-hetero) is 1. The number of benzene rings is 3. The molecule has 6 heteroatoms. The van der Waals surface area contributed by atoms with Gasteiger partial charge in [-0.1, -0.05) is 36.8 Å². The summed E-state index contributed by atoms with van der Waals surface area (Å²) < 4.78 is 5.48. The summed E-state index contributed by atoms with van der Waals surface area (Å²) in [5.41, 5.74) is 3.80. The van der Waals surface area contributed by atoms with Crippen LogP contribution in [0.25, 0.3) is 0 Å². The second-order valence-electron chi connectivity index (χ2n) is 7.39. The Morgan fingerprint density at radius 1 is 0.875 bits per heavy atom. The molecule has 0 saturated heterocycles. The molecule has 0 radical (unpaired) electrons. The van der Waals surface area contributed by atoms with Gasteiger partial charge in [-0.3, -0.25) is 14.4 Å². The summed E-state index contributed by atoms with van der Waals surface area (Å²) in [6, 6.07) is 21.4. The molecule has 164 valence electrons. The molecular weight excluding hydrogens is 404 g/mol. The molecule has 2 N–H and O–H groups in total. The number of aryl methyl sites for hydroxylation is 1. The zero-order chi connectivity index (χ0) is 22.9. The molecule has 0 bridgehead atoms. The van der Waals surface area contributed by atoms with E-state index in [9.17, 15) is 14.4 Å². The maximum absolute atomic E-state index is 12.4. The van der Waals surface area contributed by atoms with Crippen LogP contribution in [0.5, 0.6) is 5.75 Å². The summed E-state index contributed by atoms with van der Waals surface area (Å²) >= 11 is 0. The molecular formula is C26H26N2O4. The van der Waals surface area contributed by atoms with Gasteiger partial charge in [0.2, 0.25) is 0 Å². The highest BCUT2D eigenvalue weighted by Gasteiger charge is 2.08. The van der Waals surface area contributed by atoms with E-state index in [1.54, 1.807) is 42.5 Å². The summed E-state index contributed by atoms with van der Waals surface area (Å²) in [5.74, 6) is 0.124. The van der Waals surface area contributed by atoms with Gasteiger partial charge in [0, 0.05) is 29.8 Å². The number of amides is 2. The van der Waals surface area contributed by atoms with E-state index in [1.165, 1.54) is 0 Å². The van der Waals surface area contributed by atoms with E-state index in [0.29, 0.717) is 35.5 Å². The molecule has 2 amide bonds. The van der Waals surface area contributed by atoms with Gasteiger partial charge in [0.15, 0.2) is 12.4 Å². The molecule has 32 heavy (non-hydrogen) atoms. The molecule has 0 saturated carbocycles. The Hall–Kier alpha value is -3.93.